The number of hydrogen-bond acceptors (Lipinski definition) is 5. The molecule has 0 spiro atoms. The highest BCUT2D eigenvalue weighted by atomic mass is 16.8. The molecule has 6 nitrogen and oxygen atoms in total. The number of carbonyl (C=O) groups is 2. The predicted molar refractivity (Wildman–Crippen MR) is 62.6 cm³/mol. The minimum absolute atomic E-state index is 0.613. The van der Waals surface area contributed by atoms with Gasteiger partial charge in [-0.3, -0.25) is 0 Å². The lowest BCUT2D eigenvalue weighted by Crippen LogP contribution is -2.49. The molecule has 0 saturated heterocycles. The fraction of sp³-hybridized carbons (Fsp3) is 0.231. The summed E-state index contributed by atoms with van der Waals surface area (Å²) >= 11 is 0. The van der Waals surface area contributed by atoms with Crippen LogP contribution in [0.15, 0.2) is 42.9 Å². The zero-order chi connectivity index (χ0) is 13.9. The summed E-state index contributed by atoms with van der Waals surface area (Å²) in [6.45, 7) is 1.63. The number of ether oxygens (including phenoxy) is 3. The van der Waals surface area contributed by atoms with Gasteiger partial charge in [0.15, 0.2) is 0 Å². The van der Waals surface area contributed by atoms with Crippen molar-refractivity contribution in [3.63, 3.8) is 0 Å². The first-order valence-corrected chi connectivity index (χ1v) is 5.56. The van der Waals surface area contributed by atoms with Gasteiger partial charge in [-0.2, -0.15) is 0 Å². The van der Waals surface area contributed by atoms with Gasteiger partial charge >= 0.3 is 17.7 Å². The maximum atomic E-state index is 11.9. The third kappa shape index (κ3) is 2.37. The Labute approximate surface area is 109 Å². The molecular weight excluding hydrogens is 252 g/mol. The molecule has 19 heavy (non-hydrogen) atoms. The molecule has 0 aromatic heterocycles. The van der Waals surface area contributed by atoms with Gasteiger partial charge < -0.3 is 19.3 Å². The Balaban J connectivity index is 2.10. The van der Waals surface area contributed by atoms with Gasteiger partial charge in [0.2, 0.25) is 0 Å². The molecule has 2 rings (SSSR count). The van der Waals surface area contributed by atoms with Crippen LogP contribution in [0.25, 0.3) is 0 Å². The van der Waals surface area contributed by atoms with Crippen molar-refractivity contribution in [2.45, 2.75) is 18.8 Å². The molecule has 1 unspecified atom stereocenters. The fourth-order valence-electron chi connectivity index (χ4n) is 1.59. The van der Waals surface area contributed by atoms with Gasteiger partial charge in [0.25, 0.3) is 0 Å². The molecule has 1 aliphatic rings. The maximum absolute atomic E-state index is 11.9. The zero-order valence-corrected chi connectivity index (χ0v) is 10.1. The van der Waals surface area contributed by atoms with Crippen molar-refractivity contribution in [2.24, 2.45) is 0 Å². The van der Waals surface area contributed by atoms with Crippen molar-refractivity contribution < 1.29 is 28.9 Å². The standard InChI is InChI=1S/C13H12O6/c1-9(10-5-3-2-4-6-10)19-12(16)13(11(14)15)17-7-8-18-13/h2-9H,1H3,(H,14,15). The van der Waals surface area contributed by atoms with Crippen LogP contribution in [-0.2, 0) is 23.8 Å². The molecule has 100 valence electrons. The summed E-state index contributed by atoms with van der Waals surface area (Å²) in [5, 5.41) is 9.03. The van der Waals surface area contributed by atoms with E-state index in [9.17, 15) is 9.59 Å². The normalized spacial score (nSPS) is 17.1. The monoisotopic (exact) mass is 264 g/mol. The van der Waals surface area contributed by atoms with E-state index in [1.807, 2.05) is 6.07 Å². The molecule has 1 aliphatic heterocycles. The molecular formula is C13H12O6. The topological polar surface area (TPSA) is 82.1 Å². The quantitative estimate of drug-likeness (QED) is 0.657. The number of carbonyl (C=O) groups excluding carboxylic acids is 1. The summed E-state index contributed by atoms with van der Waals surface area (Å²) in [6, 6.07) is 8.93. The lowest BCUT2D eigenvalue weighted by atomic mass is 10.1. The average Bonchev–Trinajstić information content (AvgIpc) is 2.90. The van der Waals surface area contributed by atoms with E-state index >= 15 is 0 Å². The van der Waals surface area contributed by atoms with Crippen LogP contribution in [-0.4, -0.2) is 22.8 Å². The SMILES string of the molecule is CC(OC(=O)C1(C(=O)O)OC=CO1)c1ccccc1. The van der Waals surface area contributed by atoms with E-state index in [0.717, 1.165) is 18.1 Å². The van der Waals surface area contributed by atoms with Crippen molar-refractivity contribution in [1.82, 2.24) is 0 Å². The van der Waals surface area contributed by atoms with Crippen LogP contribution < -0.4 is 0 Å². The Morgan fingerprint density at radius 3 is 2.32 bits per heavy atom. The second kappa shape index (κ2) is 5.01. The zero-order valence-electron chi connectivity index (χ0n) is 10.1. The molecule has 0 saturated carbocycles. The lowest BCUT2D eigenvalue weighted by Gasteiger charge is -2.23. The lowest BCUT2D eigenvalue weighted by molar-refractivity contribution is -0.216. The number of benzene rings is 1. The van der Waals surface area contributed by atoms with Crippen LogP contribution in [0.2, 0.25) is 0 Å². The van der Waals surface area contributed by atoms with E-state index in [-0.39, 0.29) is 0 Å². The maximum Gasteiger partial charge on any atom is 0.452 e. The highest BCUT2D eigenvalue weighted by molar-refractivity contribution is 6.01. The summed E-state index contributed by atoms with van der Waals surface area (Å²) in [7, 11) is 0. The van der Waals surface area contributed by atoms with E-state index in [1.165, 1.54) is 0 Å². The van der Waals surface area contributed by atoms with E-state index in [2.05, 4.69) is 0 Å². The molecule has 1 aromatic rings. The molecule has 6 heteroatoms. The van der Waals surface area contributed by atoms with Crippen molar-refractivity contribution >= 4 is 11.9 Å². The minimum Gasteiger partial charge on any atom is -0.475 e. The van der Waals surface area contributed by atoms with Crippen LogP contribution in [0.4, 0.5) is 0 Å². The fourth-order valence-corrected chi connectivity index (χ4v) is 1.59. The number of aliphatic carboxylic acids is 1. The van der Waals surface area contributed by atoms with E-state index in [4.69, 9.17) is 19.3 Å². The van der Waals surface area contributed by atoms with Gasteiger partial charge in [-0.15, -0.1) is 0 Å². The summed E-state index contributed by atoms with van der Waals surface area (Å²) < 4.78 is 14.5. The van der Waals surface area contributed by atoms with Crippen molar-refractivity contribution in [1.29, 1.82) is 0 Å². The second-order valence-corrected chi connectivity index (χ2v) is 3.89. The predicted octanol–water partition coefficient (Wildman–Crippen LogP) is 1.59. The van der Waals surface area contributed by atoms with Crippen molar-refractivity contribution in [2.75, 3.05) is 0 Å². The Morgan fingerprint density at radius 2 is 1.79 bits per heavy atom. The van der Waals surface area contributed by atoms with Crippen LogP contribution in [0.1, 0.15) is 18.6 Å². The first kappa shape index (κ1) is 12.9. The van der Waals surface area contributed by atoms with E-state index in [1.54, 1.807) is 31.2 Å². The summed E-state index contributed by atoms with van der Waals surface area (Å²) in [4.78, 5) is 23.0. The molecule has 0 fully saturated rings. The van der Waals surface area contributed by atoms with Crippen LogP contribution in [0.3, 0.4) is 0 Å². The number of rotatable bonds is 4. The molecule has 1 aromatic carbocycles. The van der Waals surface area contributed by atoms with Gasteiger partial charge in [-0.05, 0) is 12.5 Å². The van der Waals surface area contributed by atoms with Crippen LogP contribution >= 0.6 is 0 Å². The number of esters is 1. The number of hydrogen-bond donors (Lipinski definition) is 1. The average molecular weight is 264 g/mol. The summed E-state index contributed by atoms with van der Waals surface area (Å²) in [6.07, 6.45) is 1.36. The Kier molecular flexibility index (Phi) is 3.41. The summed E-state index contributed by atoms with van der Waals surface area (Å²) in [5.41, 5.74) is 0.738. The molecule has 1 N–H and O–H groups in total. The van der Waals surface area contributed by atoms with Gasteiger partial charge in [-0.1, -0.05) is 30.3 Å². The van der Waals surface area contributed by atoms with Crippen LogP contribution in [0, 0.1) is 0 Å². The van der Waals surface area contributed by atoms with Crippen LogP contribution in [0.5, 0.6) is 0 Å². The smallest absolute Gasteiger partial charge is 0.452 e. The largest absolute Gasteiger partial charge is 0.475 e. The van der Waals surface area contributed by atoms with Crippen molar-refractivity contribution in [3.8, 4) is 0 Å². The summed E-state index contributed by atoms with van der Waals surface area (Å²) in [5.74, 6) is -5.12. The highest BCUT2D eigenvalue weighted by Gasteiger charge is 2.55. The minimum atomic E-state index is -2.44. The van der Waals surface area contributed by atoms with E-state index < -0.39 is 23.8 Å². The first-order chi connectivity index (χ1) is 9.06. The molecule has 1 atom stereocenters. The molecule has 0 aliphatic carbocycles. The Hall–Kier alpha value is -2.50. The van der Waals surface area contributed by atoms with Gasteiger partial charge in [0, 0.05) is 0 Å². The Bertz CT molecular complexity index is 499. The first-order valence-electron chi connectivity index (χ1n) is 5.56. The van der Waals surface area contributed by atoms with Gasteiger partial charge in [0.05, 0.1) is 0 Å². The Morgan fingerprint density at radius 1 is 1.21 bits per heavy atom. The molecule has 0 radical (unpaired) electrons. The third-order valence-corrected chi connectivity index (χ3v) is 2.63. The molecule has 0 bridgehead atoms. The van der Waals surface area contributed by atoms with Gasteiger partial charge in [0.1, 0.15) is 18.6 Å². The molecule has 1 heterocycles. The van der Waals surface area contributed by atoms with E-state index in [0.29, 0.717) is 0 Å². The number of carboxylic acids is 1. The number of carboxylic acid groups (broad SMARTS) is 1. The third-order valence-electron chi connectivity index (χ3n) is 2.63. The highest BCUT2D eigenvalue weighted by Crippen LogP contribution is 2.26. The second-order valence-electron chi connectivity index (χ2n) is 3.89. The molecule has 0 amide bonds. The van der Waals surface area contributed by atoms with Gasteiger partial charge in [-0.25, -0.2) is 9.59 Å². The van der Waals surface area contributed by atoms with Crippen molar-refractivity contribution in [3.05, 3.63) is 48.4 Å².